The van der Waals surface area contributed by atoms with E-state index >= 15 is 0 Å². The summed E-state index contributed by atoms with van der Waals surface area (Å²) in [4.78, 5) is 47.4. The molecule has 3 unspecified atom stereocenters. The number of thioether (sulfide) groups is 1. The van der Waals surface area contributed by atoms with Crippen molar-refractivity contribution >= 4 is 29.5 Å². The van der Waals surface area contributed by atoms with Gasteiger partial charge in [-0.15, -0.1) is 24.9 Å². The van der Waals surface area contributed by atoms with Crippen LogP contribution in [-0.2, 0) is 20.9 Å². The number of rotatable bonds is 11. The van der Waals surface area contributed by atoms with Crippen molar-refractivity contribution in [3.63, 3.8) is 0 Å². The van der Waals surface area contributed by atoms with Gasteiger partial charge >= 0.3 is 0 Å². The van der Waals surface area contributed by atoms with Crippen LogP contribution in [0, 0.1) is 17.8 Å². The monoisotopic (exact) mass is 525 g/mol. The number of amides is 3. The number of carbonyl (C=O) groups excluding carboxylic acids is 3. The number of aliphatic hydroxyl groups is 1. The van der Waals surface area contributed by atoms with Crippen LogP contribution in [0.2, 0.25) is 0 Å². The number of hydrogen-bond acceptors (Lipinski definition) is 5. The van der Waals surface area contributed by atoms with Gasteiger partial charge in [0, 0.05) is 31.9 Å². The molecule has 3 fully saturated rings. The maximum atomic E-state index is 14.5. The first kappa shape index (κ1) is 27.5. The molecule has 1 N–H and O–H groups in total. The third kappa shape index (κ3) is 4.42. The van der Waals surface area contributed by atoms with E-state index in [4.69, 9.17) is 0 Å². The van der Waals surface area contributed by atoms with Crippen LogP contribution in [0.5, 0.6) is 0 Å². The van der Waals surface area contributed by atoms with Crippen molar-refractivity contribution in [3.05, 3.63) is 61.2 Å². The highest BCUT2D eigenvalue weighted by atomic mass is 32.2. The molecule has 1 aromatic rings. The molecule has 0 aromatic heterocycles. The molecule has 4 rings (SSSR count). The Morgan fingerprint density at radius 1 is 1.22 bits per heavy atom. The van der Waals surface area contributed by atoms with E-state index < -0.39 is 28.7 Å². The molecule has 200 valence electrons. The van der Waals surface area contributed by atoms with Gasteiger partial charge in [-0.2, -0.15) is 0 Å². The lowest BCUT2D eigenvalue weighted by Gasteiger charge is -2.42. The second-order valence-corrected chi connectivity index (χ2v) is 12.1. The van der Waals surface area contributed by atoms with Crippen LogP contribution < -0.4 is 0 Å². The largest absolute Gasteiger partial charge is 0.394 e. The Kier molecular flexibility index (Phi) is 8.19. The average molecular weight is 526 g/mol. The van der Waals surface area contributed by atoms with Crippen molar-refractivity contribution in [1.29, 1.82) is 0 Å². The number of benzene rings is 1. The third-order valence-electron chi connectivity index (χ3n) is 8.43. The molecule has 3 amide bonds. The molecular weight excluding hydrogens is 486 g/mol. The fraction of sp³-hybridized carbons (Fsp3) is 0.552. The molecule has 0 radical (unpaired) electrons. The zero-order chi connectivity index (χ0) is 26.9. The van der Waals surface area contributed by atoms with Gasteiger partial charge in [0.2, 0.25) is 17.7 Å². The smallest absolute Gasteiger partial charge is 0.247 e. The van der Waals surface area contributed by atoms with Gasteiger partial charge in [0.05, 0.1) is 29.2 Å². The molecule has 3 aliphatic heterocycles. The van der Waals surface area contributed by atoms with Crippen molar-refractivity contribution in [3.8, 4) is 0 Å². The number of likely N-dealkylation sites (N-methyl/N-ethyl adjacent to an activating group) is 1. The van der Waals surface area contributed by atoms with Crippen LogP contribution in [0.15, 0.2) is 55.6 Å². The molecular formula is C29H39N3O4S. The number of hydrogen-bond donors (Lipinski definition) is 1. The zero-order valence-electron chi connectivity index (χ0n) is 22.1. The van der Waals surface area contributed by atoms with Gasteiger partial charge in [-0.05, 0) is 24.3 Å². The topological polar surface area (TPSA) is 81.2 Å². The minimum absolute atomic E-state index is 0.0163. The predicted octanol–water partition coefficient (Wildman–Crippen LogP) is 2.95. The van der Waals surface area contributed by atoms with E-state index in [9.17, 15) is 19.5 Å². The third-order valence-corrected chi connectivity index (χ3v) is 10.5. The van der Waals surface area contributed by atoms with Gasteiger partial charge < -0.3 is 19.8 Å². The van der Waals surface area contributed by atoms with Crippen LogP contribution in [-0.4, -0.2) is 86.4 Å². The summed E-state index contributed by atoms with van der Waals surface area (Å²) in [5.74, 6) is -1.40. The van der Waals surface area contributed by atoms with Crippen LogP contribution >= 0.6 is 11.8 Å². The number of likely N-dealkylation sites (tertiary alicyclic amines) is 1. The fourth-order valence-corrected chi connectivity index (χ4v) is 9.13. The van der Waals surface area contributed by atoms with Gasteiger partial charge in [0.25, 0.3) is 0 Å². The molecule has 7 nitrogen and oxygen atoms in total. The lowest BCUT2D eigenvalue weighted by atomic mass is 9.65. The maximum absolute atomic E-state index is 14.5. The Balaban J connectivity index is 1.79. The van der Waals surface area contributed by atoms with Crippen LogP contribution in [0.4, 0.5) is 0 Å². The Hall–Kier alpha value is -2.58. The van der Waals surface area contributed by atoms with E-state index in [1.807, 2.05) is 37.3 Å². The van der Waals surface area contributed by atoms with E-state index in [2.05, 4.69) is 20.1 Å². The standard InChI is InChI=1S/C29H39N3O4S/c1-6-14-30(5)26(34)23-22-16-19(4)29(37-22)24(23)27(35)32(21(8-3)18-33)25(29)28(36)31(15-7-2)17-20-12-10-9-11-13-20/h6-7,9-13,19,21-25,33H,1-2,8,14-18H2,3-5H3/t19?,21-,22+,23-,24-,25?,29?/m0/s1. The highest BCUT2D eigenvalue weighted by Gasteiger charge is 2.76. The average Bonchev–Trinajstić information content (AvgIpc) is 3.48. The Bertz CT molecular complexity index is 1040. The first-order valence-electron chi connectivity index (χ1n) is 13.2. The summed E-state index contributed by atoms with van der Waals surface area (Å²) in [5, 5.41) is 10.3. The maximum Gasteiger partial charge on any atom is 0.247 e. The molecule has 3 saturated heterocycles. The molecule has 7 atom stereocenters. The predicted molar refractivity (Wildman–Crippen MR) is 147 cm³/mol. The van der Waals surface area contributed by atoms with Crippen molar-refractivity contribution in [1.82, 2.24) is 14.7 Å². The van der Waals surface area contributed by atoms with Crippen molar-refractivity contribution < 1.29 is 19.5 Å². The molecule has 37 heavy (non-hydrogen) atoms. The Morgan fingerprint density at radius 2 is 1.89 bits per heavy atom. The zero-order valence-corrected chi connectivity index (χ0v) is 22.9. The first-order valence-corrected chi connectivity index (χ1v) is 14.0. The van der Waals surface area contributed by atoms with Crippen molar-refractivity contribution in [2.45, 2.75) is 55.3 Å². The Labute approximate surface area is 224 Å². The summed E-state index contributed by atoms with van der Waals surface area (Å²) in [7, 11) is 1.74. The molecule has 2 bridgehead atoms. The van der Waals surface area contributed by atoms with Crippen molar-refractivity contribution in [2.75, 3.05) is 26.7 Å². The minimum Gasteiger partial charge on any atom is -0.394 e. The summed E-state index contributed by atoms with van der Waals surface area (Å²) < 4.78 is -0.715. The summed E-state index contributed by atoms with van der Waals surface area (Å²) in [6.07, 6.45) is 4.69. The molecule has 3 heterocycles. The second kappa shape index (κ2) is 11.0. The van der Waals surface area contributed by atoms with Gasteiger partial charge in [0.15, 0.2) is 0 Å². The minimum atomic E-state index is -0.752. The quantitative estimate of drug-likeness (QED) is 0.450. The highest BCUT2D eigenvalue weighted by molar-refractivity contribution is 8.02. The summed E-state index contributed by atoms with van der Waals surface area (Å²) in [6.45, 7) is 12.6. The highest BCUT2D eigenvalue weighted by Crippen LogP contribution is 2.69. The molecule has 1 aromatic carbocycles. The van der Waals surface area contributed by atoms with Gasteiger partial charge in [0.1, 0.15) is 6.04 Å². The molecule has 3 aliphatic rings. The van der Waals surface area contributed by atoms with Crippen molar-refractivity contribution in [2.24, 2.45) is 17.8 Å². The number of aliphatic hydroxyl groups excluding tert-OH is 1. The summed E-state index contributed by atoms with van der Waals surface area (Å²) in [5.41, 5.74) is 0.993. The fourth-order valence-electron chi connectivity index (χ4n) is 6.73. The lowest BCUT2D eigenvalue weighted by Crippen LogP contribution is -2.59. The number of nitrogens with zero attached hydrogens (tertiary/aromatic N) is 3. The number of fused-ring (bicyclic) bond motifs is 1. The van der Waals surface area contributed by atoms with Gasteiger partial charge in [-0.1, -0.05) is 56.3 Å². The van der Waals surface area contributed by atoms with Gasteiger partial charge in [-0.25, -0.2) is 0 Å². The van der Waals surface area contributed by atoms with E-state index in [1.54, 1.807) is 45.7 Å². The normalized spacial score (nSPS) is 30.6. The lowest BCUT2D eigenvalue weighted by molar-refractivity contribution is -0.147. The van der Waals surface area contributed by atoms with E-state index in [1.165, 1.54) is 0 Å². The summed E-state index contributed by atoms with van der Waals surface area (Å²) in [6, 6.07) is 8.54. The second-order valence-electron chi connectivity index (χ2n) is 10.5. The molecule has 0 aliphatic carbocycles. The van der Waals surface area contributed by atoms with E-state index in [-0.39, 0.29) is 35.5 Å². The Morgan fingerprint density at radius 3 is 2.49 bits per heavy atom. The number of carbonyl (C=O) groups is 3. The molecule has 0 saturated carbocycles. The van der Waals surface area contributed by atoms with E-state index in [0.29, 0.717) is 26.1 Å². The van der Waals surface area contributed by atoms with Crippen LogP contribution in [0.25, 0.3) is 0 Å². The van der Waals surface area contributed by atoms with E-state index in [0.717, 1.165) is 12.0 Å². The van der Waals surface area contributed by atoms with Crippen LogP contribution in [0.1, 0.15) is 32.3 Å². The summed E-state index contributed by atoms with van der Waals surface area (Å²) >= 11 is 1.66. The SMILES string of the molecule is C=CCN(C)C(=O)[C@@H]1[C@H]2C(=O)N([C@@H](CC)CO)C(C(=O)N(CC=C)Cc3ccccc3)C23S[C@@H]1CC3C. The van der Waals surface area contributed by atoms with Gasteiger partial charge in [-0.3, -0.25) is 14.4 Å². The first-order chi connectivity index (χ1) is 17.8. The molecule has 1 spiro atoms. The van der Waals surface area contributed by atoms with Crippen LogP contribution in [0.3, 0.4) is 0 Å². The molecule has 8 heteroatoms.